The van der Waals surface area contributed by atoms with E-state index in [9.17, 15) is 0 Å². The predicted octanol–water partition coefficient (Wildman–Crippen LogP) is 3.64. The molecule has 0 aromatic rings. The first-order chi connectivity index (χ1) is 6.57. The van der Waals surface area contributed by atoms with Crippen molar-refractivity contribution < 1.29 is 4.74 Å². The molecule has 86 valence electrons. The number of thiol groups is 1. The van der Waals surface area contributed by atoms with Crippen LogP contribution in [0.1, 0.15) is 40.5 Å². The summed E-state index contributed by atoms with van der Waals surface area (Å²) in [5, 5.41) is 0. The van der Waals surface area contributed by atoms with Crippen molar-refractivity contribution in [2.24, 2.45) is 17.8 Å². The van der Waals surface area contributed by atoms with Crippen molar-refractivity contribution in [3.63, 3.8) is 0 Å². The molecule has 0 spiro atoms. The third-order valence-electron chi connectivity index (χ3n) is 2.58. The minimum Gasteiger partial charge on any atom is -0.381 e. The fourth-order valence-corrected chi connectivity index (χ4v) is 1.81. The van der Waals surface area contributed by atoms with Gasteiger partial charge in [0.25, 0.3) is 0 Å². The average molecular weight is 218 g/mol. The molecule has 0 aliphatic heterocycles. The zero-order chi connectivity index (χ0) is 11.0. The van der Waals surface area contributed by atoms with Gasteiger partial charge in [0, 0.05) is 6.61 Å². The van der Waals surface area contributed by atoms with Gasteiger partial charge in [-0.3, -0.25) is 0 Å². The molecule has 0 fully saturated rings. The van der Waals surface area contributed by atoms with E-state index in [4.69, 9.17) is 4.74 Å². The lowest BCUT2D eigenvalue weighted by atomic mass is 9.99. The minimum absolute atomic E-state index is 0.609. The first-order valence-electron chi connectivity index (χ1n) is 5.76. The van der Waals surface area contributed by atoms with E-state index >= 15 is 0 Å². The maximum atomic E-state index is 5.65. The van der Waals surface area contributed by atoms with Gasteiger partial charge in [0.2, 0.25) is 0 Å². The van der Waals surface area contributed by atoms with Crippen LogP contribution < -0.4 is 0 Å². The summed E-state index contributed by atoms with van der Waals surface area (Å²) in [4.78, 5) is 0. The van der Waals surface area contributed by atoms with Crippen LogP contribution in [0.2, 0.25) is 0 Å². The van der Waals surface area contributed by atoms with Crippen molar-refractivity contribution in [3.8, 4) is 0 Å². The molecular formula is C12H26OS. The van der Waals surface area contributed by atoms with Crippen LogP contribution in [0, 0.1) is 17.8 Å². The summed E-state index contributed by atoms with van der Waals surface area (Å²) in [7, 11) is 0. The Morgan fingerprint density at radius 1 is 1.14 bits per heavy atom. The van der Waals surface area contributed by atoms with Crippen LogP contribution in [0.15, 0.2) is 0 Å². The van der Waals surface area contributed by atoms with E-state index in [2.05, 4.69) is 40.3 Å². The van der Waals surface area contributed by atoms with Gasteiger partial charge in [-0.2, -0.15) is 12.6 Å². The molecule has 0 N–H and O–H groups in total. The molecule has 14 heavy (non-hydrogen) atoms. The molecule has 0 rings (SSSR count). The number of hydrogen-bond donors (Lipinski definition) is 1. The third-order valence-corrected chi connectivity index (χ3v) is 3.05. The fourth-order valence-electron chi connectivity index (χ4n) is 1.28. The lowest BCUT2D eigenvalue weighted by Crippen LogP contribution is -2.18. The Morgan fingerprint density at radius 2 is 1.79 bits per heavy atom. The normalized spacial score (nSPS) is 13.9. The Kier molecular flexibility index (Phi) is 8.80. The maximum Gasteiger partial charge on any atom is 0.0504 e. The summed E-state index contributed by atoms with van der Waals surface area (Å²) in [6, 6.07) is 0. The Balaban J connectivity index is 3.33. The summed E-state index contributed by atoms with van der Waals surface area (Å²) in [6.45, 7) is 10.8. The largest absolute Gasteiger partial charge is 0.381 e. The van der Waals surface area contributed by atoms with Gasteiger partial charge in [0.05, 0.1) is 6.61 Å². The van der Waals surface area contributed by atoms with Gasteiger partial charge in [-0.15, -0.1) is 0 Å². The van der Waals surface area contributed by atoms with Crippen LogP contribution in [0.4, 0.5) is 0 Å². The molecule has 0 aromatic carbocycles. The van der Waals surface area contributed by atoms with E-state index < -0.39 is 0 Å². The maximum absolute atomic E-state index is 5.65. The molecule has 0 heterocycles. The SMILES string of the molecule is CC(C)CCCOCC(CS)C(C)C. The molecule has 0 aliphatic carbocycles. The highest BCUT2D eigenvalue weighted by molar-refractivity contribution is 7.80. The third kappa shape index (κ3) is 7.69. The molecule has 0 saturated heterocycles. The smallest absolute Gasteiger partial charge is 0.0504 e. The minimum atomic E-state index is 0.609. The van der Waals surface area contributed by atoms with E-state index in [1.54, 1.807) is 0 Å². The first kappa shape index (κ1) is 14.3. The highest BCUT2D eigenvalue weighted by Gasteiger charge is 2.10. The Morgan fingerprint density at radius 3 is 2.21 bits per heavy atom. The number of rotatable bonds is 8. The second-order valence-electron chi connectivity index (χ2n) is 4.80. The lowest BCUT2D eigenvalue weighted by Gasteiger charge is -2.18. The summed E-state index contributed by atoms with van der Waals surface area (Å²) in [5.74, 6) is 3.02. The molecule has 0 saturated carbocycles. The van der Waals surface area contributed by atoms with E-state index in [1.165, 1.54) is 12.8 Å². The van der Waals surface area contributed by atoms with Crippen LogP contribution in [-0.4, -0.2) is 19.0 Å². The lowest BCUT2D eigenvalue weighted by molar-refractivity contribution is 0.0872. The van der Waals surface area contributed by atoms with Crippen molar-refractivity contribution in [3.05, 3.63) is 0 Å². The van der Waals surface area contributed by atoms with E-state index in [0.717, 1.165) is 24.9 Å². The van der Waals surface area contributed by atoms with Crippen LogP contribution in [0.3, 0.4) is 0 Å². The summed E-state index contributed by atoms with van der Waals surface area (Å²) < 4.78 is 5.65. The van der Waals surface area contributed by atoms with Gasteiger partial charge in [0.15, 0.2) is 0 Å². The molecule has 0 radical (unpaired) electrons. The molecule has 0 bridgehead atoms. The Hall–Kier alpha value is 0.310. The molecule has 1 atom stereocenters. The van der Waals surface area contributed by atoms with Gasteiger partial charge in [-0.05, 0) is 36.3 Å². The number of ether oxygens (including phenoxy) is 1. The van der Waals surface area contributed by atoms with Crippen LogP contribution in [0.5, 0.6) is 0 Å². The quantitative estimate of drug-likeness (QED) is 0.483. The van der Waals surface area contributed by atoms with Gasteiger partial charge in [0.1, 0.15) is 0 Å². The highest BCUT2D eigenvalue weighted by atomic mass is 32.1. The molecule has 0 aliphatic rings. The van der Waals surface area contributed by atoms with Crippen molar-refractivity contribution >= 4 is 12.6 Å². The van der Waals surface area contributed by atoms with Gasteiger partial charge < -0.3 is 4.74 Å². The fraction of sp³-hybridized carbons (Fsp3) is 1.00. The summed E-state index contributed by atoms with van der Waals surface area (Å²) in [6.07, 6.45) is 2.46. The van der Waals surface area contributed by atoms with Crippen molar-refractivity contribution in [2.45, 2.75) is 40.5 Å². The standard InChI is InChI=1S/C12H26OS/c1-10(2)6-5-7-13-8-12(9-14)11(3)4/h10-12,14H,5-9H2,1-4H3. The first-order valence-corrected chi connectivity index (χ1v) is 6.39. The monoisotopic (exact) mass is 218 g/mol. The molecule has 2 heteroatoms. The Labute approximate surface area is 95.0 Å². The van der Waals surface area contributed by atoms with Gasteiger partial charge in [-0.25, -0.2) is 0 Å². The molecular weight excluding hydrogens is 192 g/mol. The van der Waals surface area contributed by atoms with Crippen LogP contribution in [-0.2, 0) is 4.74 Å². The molecule has 1 nitrogen and oxygen atoms in total. The van der Waals surface area contributed by atoms with E-state index in [-0.39, 0.29) is 0 Å². The van der Waals surface area contributed by atoms with Crippen molar-refractivity contribution in [1.29, 1.82) is 0 Å². The number of hydrogen-bond acceptors (Lipinski definition) is 2. The van der Waals surface area contributed by atoms with E-state index in [1.807, 2.05) is 0 Å². The van der Waals surface area contributed by atoms with E-state index in [0.29, 0.717) is 11.8 Å². The summed E-state index contributed by atoms with van der Waals surface area (Å²) in [5.41, 5.74) is 0. The zero-order valence-corrected chi connectivity index (χ0v) is 11.0. The zero-order valence-electron chi connectivity index (χ0n) is 10.1. The van der Waals surface area contributed by atoms with Gasteiger partial charge in [-0.1, -0.05) is 27.7 Å². The predicted molar refractivity (Wildman–Crippen MR) is 67.1 cm³/mol. The summed E-state index contributed by atoms with van der Waals surface area (Å²) >= 11 is 4.33. The van der Waals surface area contributed by atoms with Crippen LogP contribution in [0.25, 0.3) is 0 Å². The second-order valence-corrected chi connectivity index (χ2v) is 5.16. The highest BCUT2D eigenvalue weighted by Crippen LogP contribution is 2.13. The molecule has 1 unspecified atom stereocenters. The van der Waals surface area contributed by atoms with Crippen molar-refractivity contribution in [2.75, 3.05) is 19.0 Å². The average Bonchev–Trinajstić information content (AvgIpc) is 2.10. The van der Waals surface area contributed by atoms with Crippen molar-refractivity contribution in [1.82, 2.24) is 0 Å². The van der Waals surface area contributed by atoms with Gasteiger partial charge >= 0.3 is 0 Å². The van der Waals surface area contributed by atoms with Crippen LogP contribution >= 0.6 is 12.6 Å². The Bertz CT molecular complexity index is 123. The topological polar surface area (TPSA) is 9.23 Å². The second kappa shape index (κ2) is 8.60. The molecule has 0 aromatic heterocycles. The molecule has 0 amide bonds.